The van der Waals surface area contributed by atoms with Crippen molar-refractivity contribution in [2.24, 2.45) is 0 Å². The molecule has 0 bridgehead atoms. The number of hydrogen-bond acceptors (Lipinski definition) is 3. The Bertz CT molecular complexity index is 1420. The van der Waals surface area contributed by atoms with Crippen LogP contribution in [0.5, 0.6) is 0 Å². The Morgan fingerprint density at radius 3 is 1.66 bits per heavy atom. The largest absolute Gasteiger partial charge is 0.311 e. The Hall–Kier alpha value is -3.36. The van der Waals surface area contributed by atoms with Crippen molar-refractivity contribution in [3.63, 3.8) is 0 Å². The van der Waals surface area contributed by atoms with Crippen LogP contribution in [-0.4, -0.2) is 8.07 Å². The second kappa shape index (κ2) is 10.1. The Morgan fingerprint density at radius 1 is 0.543 bits per heavy atom. The predicted octanol–water partition coefficient (Wildman–Crippen LogP) is 9.84. The smallest absolute Gasteiger partial charge is 0.129 e. The van der Waals surface area contributed by atoms with E-state index < -0.39 is 8.07 Å². The summed E-state index contributed by atoms with van der Waals surface area (Å²) >= 11 is 3.63. The van der Waals surface area contributed by atoms with Gasteiger partial charge in [-0.1, -0.05) is 74.1 Å². The van der Waals surface area contributed by atoms with Gasteiger partial charge in [0.05, 0.1) is 4.88 Å². The minimum Gasteiger partial charge on any atom is -0.311 e. The van der Waals surface area contributed by atoms with E-state index in [2.05, 4.69) is 145 Å². The molecule has 0 aliphatic heterocycles. The first-order chi connectivity index (χ1) is 17.0. The molecule has 0 fully saturated rings. The topological polar surface area (TPSA) is 3.24 Å². The summed E-state index contributed by atoms with van der Waals surface area (Å²) in [5.41, 5.74) is 8.15. The minimum absolute atomic E-state index is 1.15. The van der Waals surface area contributed by atoms with Gasteiger partial charge in [0.1, 0.15) is 8.07 Å². The summed E-state index contributed by atoms with van der Waals surface area (Å²) in [6, 6.07) is 38.7. The summed E-state index contributed by atoms with van der Waals surface area (Å²) < 4.78 is 0. The summed E-state index contributed by atoms with van der Waals surface area (Å²) in [7, 11) is -1.36. The van der Waals surface area contributed by atoms with Crippen LogP contribution in [0.4, 0.5) is 17.1 Å². The summed E-state index contributed by atoms with van der Waals surface area (Å²) in [6.07, 6.45) is 0. The quantitative estimate of drug-likeness (QED) is 0.170. The van der Waals surface area contributed by atoms with Gasteiger partial charge in [-0.3, -0.25) is 0 Å². The third-order valence-electron chi connectivity index (χ3n) is 5.45. The zero-order valence-corrected chi connectivity index (χ0v) is 22.8. The van der Waals surface area contributed by atoms with Gasteiger partial charge in [-0.05, 0) is 66.2 Å². The number of rotatable bonds is 5. The molecule has 0 saturated heterocycles. The van der Waals surface area contributed by atoms with Crippen molar-refractivity contribution >= 4 is 47.8 Å². The summed E-state index contributed by atoms with van der Waals surface area (Å²) in [6.45, 7) is 6.85. The van der Waals surface area contributed by atoms with Gasteiger partial charge in [-0.2, -0.15) is 0 Å². The van der Waals surface area contributed by atoms with Crippen LogP contribution in [0, 0.1) is 11.5 Å². The van der Waals surface area contributed by atoms with E-state index in [1.165, 1.54) is 20.2 Å². The number of thiophene rings is 2. The van der Waals surface area contributed by atoms with Gasteiger partial charge in [0, 0.05) is 31.7 Å². The van der Waals surface area contributed by atoms with Crippen molar-refractivity contribution in [1.82, 2.24) is 0 Å². The van der Waals surface area contributed by atoms with E-state index in [9.17, 15) is 0 Å². The van der Waals surface area contributed by atoms with Gasteiger partial charge in [0.2, 0.25) is 0 Å². The maximum Gasteiger partial charge on any atom is 0.129 e. The van der Waals surface area contributed by atoms with Crippen LogP contribution in [0.3, 0.4) is 0 Å². The van der Waals surface area contributed by atoms with Gasteiger partial charge >= 0.3 is 0 Å². The minimum atomic E-state index is -1.36. The van der Waals surface area contributed by atoms with Crippen LogP contribution in [0.15, 0.2) is 109 Å². The lowest BCUT2D eigenvalue weighted by atomic mass is 10.1. The van der Waals surface area contributed by atoms with Crippen LogP contribution in [-0.2, 0) is 0 Å². The van der Waals surface area contributed by atoms with Gasteiger partial charge in [0.25, 0.3) is 0 Å². The van der Waals surface area contributed by atoms with Crippen LogP contribution < -0.4 is 4.90 Å². The molecule has 3 aromatic carbocycles. The molecule has 0 aliphatic rings. The van der Waals surface area contributed by atoms with Gasteiger partial charge in [-0.15, -0.1) is 28.2 Å². The lowest BCUT2D eigenvalue weighted by Crippen LogP contribution is -2.16. The fraction of sp³-hybridized carbons (Fsp3) is 0.0968. The highest BCUT2D eigenvalue weighted by molar-refractivity contribution is 7.24. The fourth-order valence-corrected chi connectivity index (χ4v) is 6.35. The van der Waals surface area contributed by atoms with Crippen molar-refractivity contribution in [2.75, 3.05) is 4.90 Å². The first-order valence-electron chi connectivity index (χ1n) is 11.7. The number of hydrogen-bond donors (Lipinski definition) is 0. The first-order valence-corrected chi connectivity index (χ1v) is 16.8. The van der Waals surface area contributed by atoms with Crippen LogP contribution >= 0.6 is 22.7 Å². The predicted molar refractivity (Wildman–Crippen MR) is 158 cm³/mol. The number of anilines is 3. The molecule has 4 heteroatoms. The lowest BCUT2D eigenvalue weighted by Gasteiger charge is -2.25. The lowest BCUT2D eigenvalue weighted by molar-refractivity contribution is 1.28. The third kappa shape index (κ3) is 5.66. The Morgan fingerprint density at radius 2 is 1.06 bits per heavy atom. The van der Waals surface area contributed by atoms with Crippen LogP contribution in [0.25, 0.3) is 20.2 Å². The molecule has 35 heavy (non-hydrogen) atoms. The monoisotopic (exact) mass is 505 g/mol. The first kappa shape index (κ1) is 23.4. The van der Waals surface area contributed by atoms with Crippen LogP contribution in [0.2, 0.25) is 19.6 Å². The SMILES string of the molecule is C[Si](C)(C)C#Cc1ccc(-c2ccc(-c3ccc(N(c4ccccc4)c4ccccc4)cc3)s2)s1. The van der Waals surface area contributed by atoms with E-state index in [4.69, 9.17) is 0 Å². The van der Waals surface area contributed by atoms with Crippen molar-refractivity contribution in [3.05, 3.63) is 114 Å². The van der Waals surface area contributed by atoms with Crippen molar-refractivity contribution in [1.29, 1.82) is 0 Å². The highest BCUT2D eigenvalue weighted by Crippen LogP contribution is 2.39. The molecule has 0 saturated carbocycles. The van der Waals surface area contributed by atoms with E-state index in [0.29, 0.717) is 0 Å². The highest BCUT2D eigenvalue weighted by Gasteiger charge is 2.13. The number of para-hydroxylation sites is 2. The standard InChI is InChI=1S/C31H27NS2Si/c1-35(2,3)23-22-28-18-19-30(33-28)31-21-20-29(34-31)24-14-16-27(17-15-24)32(25-10-6-4-7-11-25)26-12-8-5-9-13-26/h4-21H,1-3H3. The van der Waals surface area contributed by atoms with Gasteiger partial charge < -0.3 is 4.90 Å². The molecule has 0 unspecified atom stereocenters. The second-order valence-electron chi connectivity index (χ2n) is 9.38. The average Bonchev–Trinajstić information content (AvgIpc) is 3.54. The van der Waals surface area contributed by atoms with Crippen molar-refractivity contribution < 1.29 is 0 Å². The number of benzene rings is 3. The van der Waals surface area contributed by atoms with Gasteiger partial charge in [0.15, 0.2) is 0 Å². The molecule has 0 atom stereocenters. The Balaban J connectivity index is 1.40. The maximum absolute atomic E-state index is 3.47. The summed E-state index contributed by atoms with van der Waals surface area (Å²) in [4.78, 5) is 7.31. The molecule has 2 aromatic heterocycles. The molecule has 1 nitrogen and oxygen atoms in total. The van der Waals surface area contributed by atoms with E-state index in [-0.39, 0.29) is 0 Å². The highest BCUT2D eigenvalue weighted by atomic mass is 32.1. The van der Waals surface area contributed by atoms with E-state index in [0.717, 1.165) is 21.9 Å². The van der Waals surface area contributed by atoms with Crippen LogP contribution in [0.1, 0.15) is 4.88 Å². The molecule has 5 aromatic rings. The molecule has 0 N–H and O–H groups in total. The molecular formula is C31H27NS2Si. The number of nitrogens with zero attached hydrogens (tertiary/aromatic N) is 1. The zero-order valence-electron chi connectivity index (χ0n) is 20.2. The summed E-state index contributed by atoms with van der Waals surface area (Å²) in [5.74, 6) is 3.39. The molecule has 0 radical (unpaired) electrons. The molecule has 0 amide bonds. The molecular weight excluding hydrogens is 479 g/mol. The van der Waals surface area contributed by atoms with E-state index in [1.807, 2.05) is 11.3 Å². The average molecular weight is 506 g/mol. The van der Waals surface area contributed by atoms with E-state index >= 15 is 0 Å². The maximum atomic E-state index is 3.47. The second-order valence-corrected chi connectivity index (χ2v) is 16.3. The fourth-order valence-electron chi connectivity index (χ4n) is 3.79. The third-order valence-corrected chi connectivity index (χ3v) is 8.66. The zero-order chi connectivity index (χ0) is 24.3. The van der Waals surface area contributed by atoms with Crippen molar-refractivity contribution in [3.8, 4) is 31.7 Å². The van der Waals surface area contributed by atoms with E-state index in [1.54, 1.807) is 11.3 Å². The van der Waals surface area contributed by atoms with Gasteiger partial charge in [-0.25, -0.2) is 0 Å². The molecule has 0 spiro atoms. The summed E-state index contributed by atoms with van der Waals surface area (Å²) in [5, 5.41) is 0. The Kier molecular flexibility index (Phi) is 6.74. The molecule has 2 heterocycles. The Labute approximate surface area is 217 Å². The normalized spacial score (nSPS) is 11.1. The van der Waals surface area contributed by atoms with Crippen molar-refractivity contribution in [2.45, 2.75) is 19.6 Å². The molecule has 172 valence electrons. The molecule has 5 rings (SSSR count). The molecule has 0 aliphatic carbocycles.